The predicted octanol–water partition coefficient (Wildman–Crippen LogP) is 6.80. The molecule has 2 aromatic carbocycles. The summed E-state index contributed by atoms with van der Waals surface area (Å²) in [7, 11) is 0. The third kappa shape index (κ3) is 4.36. The first-order valence-electron chi connectivity index (χ1n) is 11.8. The van der Waals surface area contributed by atoms with Gasteiger partial charge in [0.2, 0.25) is 0 Å². The van der Waals surface area contributed by atoms with Gasteiger partial charge in [-0.2, -0.15) is 0 Å². The van der Waals surface area contributed by atoms with Gasteiger partial charge in [-0.25, -0.2) is 9.50 Å². The fourth-order valence-electron chi connectivity index (χ4n) is 4.47. The largest absolute Gasteiger partial charge is 0.454 e. The molecule has 0 aliphatic heterocycles. The summed E-state index contributed by atoms with van der Waals surface area (Å²) in [6.07, 6.45) is 2.92. The van der Waals surface area contributed by atoms with Gasteiger partial charge in [-0.3, -0.25) is 0 Å². The van der Waals surface area contributed by atoms with Gasteiger partial charge in [-0.1, -0.05) is 69.3 Å². The number of para-hydroxylation sites is 1. The van der Waals surface area contributed by atoms with E-state index in [1.165, 1.54) is 5.56 Å². The van der Waals surface area contributed by atoms with Crippen molar-refractivity contribution >= 4 is 22.4 Å². The molecule has 5 heteroatoms. The van der Waals surface area contributed by atoms with E-state index in [2.05, 4.69) is 79.2 Å². The minimum atomic E-state index is 0.445. The smallest absolute Gasteiger partial charge is 0.155 e. The van der Waals surface area contributed by atoms with Gasteiger partial charge in [0.1, 0.15) is 17.1 Å². The van der Waals surface area contributed by atoms with Crippen molar-refractivity contribution in [2.24, 2.45) is 5.92 Å². The van der Waals surface area contributed by atoms with E-state index >= 15 is 0 Å². The van der Waals surface area contributed by atoms with Crippen molar-refractivity contribution < 1.29 is 4.42 Å². The Morgan fingerprint density at radius 1 is 0.939 bits per heavy atom. The summed E-state index contributed by atoms with van der Waals surface area (Å²) in [5.41, 5.74) is 3.92. The van der Waals surface area contributed by atoms with Crippen molar-refractivity contribution in [2.75, 3.05) is 18.0 Å². The van der Waals surface area contributed by atoms with E-state index in [-0.39, 0.29) is 0 Å². The molecule has 0 bridgehead atoms. The second-order valence-electron chi connectivity index (χ2n) is 9.07. The van der Waals surface area contributed by atoms with Crippen LogP contribution in [0.2, 0.25) is 0 Å². The Labute approximate surface area is 194 Å². The molecule has 3 heterocycles. The molecule has 0 amide bonds. The molecule has 0 radical (unpaired) electrons. The van der Waals surface area contributed by atoms with Crippen LogP contribution in [0.3, 0.4) is 0 Å². The SMILES string of the molecule is CCC(CN(CC(C)C)c1ccc2ncc(-c3cc4ccccc4o3)n2n1)c1ccccc1. The van der Waals surface area contributed by atoms with Crippen molar-refractivity contribution in [3.63, 3.8) is 0 Å². The number of benzene rings is 2. The number of imidazole rings is 1. The summed E-state index contributed by atoms with van der Waals surface area (Å²) < 4.78 is 8.02. The number of hydrogen-bond donors (Lipinski definition) is 0. The fourth-order valence-corrected chi connectivity index (χ4v) is 4.47. The van der Waals surface area contributed by atoms with Crippen molar-refractivity contribution in [3.05, 3.63) is 84.6 Å². The zero-order chi connectivity index (χ0) is 22.8. The first-order valence-corrected chi connectivity index (χ1v) is 11.8. The molecule has 0 saturated heterocycles. The zero-order valence-corrected chi connectivity index (χ0v) is 19.5. The van der Waals surface area contributed by atoms with Gasteiger partial charge in [-0.15, -0.1) is 5.10 Å². The van der Waals surface area contributed by atoms with Gasteiger partial charge in [0.05, 0.1) is 6.20 Å². The summed E-state index contributed by atoms with van der Waals surface area (Å²) in [6.45, 7) is 8.64. The maximum Gasteiger partial charge on any atom is 0.155 e. The maximum absolute atomic E-state index is 6.11. The normalized spacial score (nSPS) is 12.6. The Balaban J connectivity index is 1.52. The summed E-state index contributed by atoms with van der Waals surface area (Å²) in [5, 5.41) is 6.11. The van der Waals surface area contributed by atoms with Crippen LogP contribution in [-0.4, -0.2) is 27.7 Å². The minimum absolute atomic E-state index is 0.445. The monoisotopic (exact) mass is 438 g/mol. The highest BCUT2D eigenvalue weighted by Gasteiger charge is 2.19. The fraction of sp³-hybridized carbons (Fsp3) is 0.286. The van der Waals surface area contributed by atoms with E-state index in [9.17, 15) is 0 Å². The molecular weight excluding hydrogens is 408 g/mol. The van der Waals surface area contributed by atoms with E-state index in [0.717, 1.165) is 53.4 Å². The van der Waals surface area contributed by atoms with Gasteiger partial charge in [-0.05, 0) is 42.2 Å². The lowest BCUT2D eigenvalue weighted by molar-refractivity contribution is 0.556. The quantitative estimate of drug-likeness (QED) is 0.267. The van der Waals surface area contributed by atoms with E-state index in [1.54, 1.807) is 0 Å². The predicted molar refractivity (Wildman–Crippen MR) is 135 cm³/mol. The summed E-state index contributed by atoms with van der Waals surface area (Å²) >= 11 is 0. The summed E-state index contributed by atoms with van der Waals surface area (Å²) in [6, 6.07) is 25.0. The van der Waals surface area contributed by atoms with Crippen LogP contribution >= 0.6 is 0 Å². The number of rotatable bonds is 8. The molecule has 0 aliphatic carbocycles. The molecule has 0 fully saturated rings. The van der Waals surface area contributed by atoms with Crippen LogP contribution in [0.15, 0.2) is 83.4 Å². The molecule has 5 rings (SSSR count). The van der Waals surface area contributed by atoms with Crippen LogP contribution in [0.1, 0.15) is 38.7 Å². The van der Waals surface area contributed by atoms with Gasteiger partial charge in [0.25, 0.3) is 0 Å². The molecule has 3 aromatic heterocycles. The molecular formula is C28H30N4O. The Morgan fingerprint density at radius 2 is 1.73 bits per heavy atom. The molecule has 168 valence electrons. The highest BCUT2D eigenvalue weighted by atomic mass is 16.3. The van der Waals surface area contributed by atoms with Crippen LogP contribution in [0.5, 0.6) is 0 Å². The van der Waals surface area contributed by atoms with Gasteiger partial charge in [0.15, 0.2) is 11.4 Å². The van der Waals surface area contributed by atoms with E-state index in [1.807, 2.05) is 35.0 Å². The third-order valence-electron chi connectivity index (χ3n) is 6.14. The molecule has 33 heavy (non-hydrogen) atoms. The number of aromatic nitrogens is 3. The number of fused-ring (bicyclic) bond motifs is 2. The Hall–Kier alpha value is -3.60. The standard InChI is InChI=1S/C28H30N4O/c1-4-21(22-10-6-5-7-11-22)19-31(18-20(2)3)28-15-14-27-29-17-24(32(27)30-28)26-16-23-12-8-9-13-25(23)33-26/h5-17,20-21H,4,18-19H2,1-3H3. The lowest BCUT2D eigenvalue weighted by Crippen LogP contribution is -2.33. The molecule has 0 aliphatic rings. The summed E-state index contributed by atoms with van der Waals surface area (Å²) in [5.74, 6) is 2.70. The number of anilines is 1. The van der Waals surface area contributed by atoms with Crippen molar-refractivity contribution in [2.45, 2.75) is 33.1 Å². The maximum atomic E-state index is 6.11. The molecule has 5 aromatic rings. The molecule has 5 nitrogen and oxygen atoms in total. The first kappa shape index (κ1) is 21.3. The molecule has 0 N–H and O–H groups in total. The molecule has 1 atom stereocenters. The van der Waals surface area contributed by atoms with Crippen LogP contribution in [0.4, 0.5) is 5.82 Å². The minimum Gasteiger partial charge on any atom is -0.454 e. The number of furan rings is 1. The van der Waals surface area contributed by atoms with Gasteiger partial charge in [0, 0.05) is 24.4 Å². The highest BCUT2D eigenvalue weighted by Crippen LogP contribution is 2.29. The second kappa shape index (κ2) is 9.10. The van der Waals surface area contributed by atoms with Crippen LogP contribution in [-0.2, 0) is 0 Å². The van der Waals surface area contributed by atoms with E-state index in [0.29, 0.717) is 11.8 Å². The Bertz CT molecular complexity index is 1320. The topological polar surface area (TPSA) is 46.6 Å². The lowest BCUT2D eigenvalue weighted by atomic mass is 9.95. The van der Waals surface area contributed by atoms with E-state index < -0.39 is 0 Å². The molecule has 0 saturated carbocycles. The first-order chi connectivity index (χ1) is 16.1. The average molecular weight is 439 g/mol. The van der Waals surface area contributed by atoms with Crippen LogP contribution in [0, 0.1) is 5.92 Å². The van der Waals surface area contributed by atoms with E-state index in [4.69, 9.17) is 9.52 Å². The van der Waals surface area contributed by atoms with Crippen LogP contribution in [0.25, 0.3) is 28.1 Å². The average Bonchev–Trinajstić information content (AvgIpc) is 3.45. The zero-order valence-electron chi connectivity index (χ0n) is 19.5. The summed E-state index contributed by atoms with van der Waals surface area (Å²) in [4.78, 5) is 6.98. The van der Waals surface area contributed by atoms with Gasteiger partial charge < -0.3 is 9.32 Å². The lowest BCUT2D eigenvalue weighted by Gasteiger charge is -2.30. The number of hydrogen-bond acceptors (Lipinski definition) is 4. The Kier molecular flexibility index (Phi) is 5.86. The van der Waals surface area contributed by atoms with Crippen molar-refractivity contribution in [1.29, 1.82) is 0 Å². The van der Waals surface area contributed by atoms with Crippen molar-refractivity contribution in [3.8, 4) is 11.5 Å². The highest BCUT2D eigenvalue weighted by molar-refractivity contribution is 5.82. The van der Waals surface area contributed by atoms with Gasteiger partial charge >= 0.3 is 0 Å². The Morgan fingerprint density at radius 3 is 2.48 bits per heavy atom. The second-order valence-corrected chi connectivity index (χ2v) is 9.07. The third-order valence-corrected chi connectivity index (χ3v) is 6.14. The number of nitrogens with zero attached hydrogens (tertiary/aromatic N) is 4. The van der Waals surface area contributed by atoms with Crippen LogP contribution < -0.4 is 4.90 Å². The van der Waals surface area contributed by atoms with Crippen molar-refractivity contribution in [1.82, 2.24) is 14.6 Å². The molecule has 1 unspecified atom stereocenters. The molecule has 0 spiro atoms.